The van der Waals surface area contributed by atoms with Crippen molar-refractivity contribution in [1.29, 1.82) is 0 Å². The van der Waals surface area contributed by atoms with E-state index in [2.05, 4.69) is 0 Å². The van der Waals surface area contributed by atoms with Gasteiger partial charge in [0.05, 0.1) is 55.9 Å². The molecule has 4 heterocycles. The van der Waals surface area contributed by atoms with Crippen molar-refractivity contribution in [1.82, 2.24) is 0 Å². The minimum absolute atomic E-state index is 0.0718. The molecule has 8 aromatic carbocycles. The highest BCUT2D eigenvalue weighted by Crippen LogP contribution is 2.46. The van der Waals surface area contributed by atoms with Gasteiger partial charge in [0.2, 0.25) is 0 Å². The van der Waals surface area contributed by atoms with Crippen molar-refractivity contribution in [3.8, 4) is 22.3 Å². The van der Waals surface area contributed by atoms with E-state index in [1.165, 1.54) is 24.3 Å². The van der Waals surface area contributed by atoms with Gasteiger partial charge < -0.3 is 9.47 Å². The predicted octanol–water partition coefficient (Wildman–Crippen LogP) is 8.14. The molecule has 0 fully saturated rings. The maximum absolute atomic E-state index is 14.5. The van der Waals surface area contributed by atoms with E-state index in [4.69, 9.17) is 9.47 Å². The number of amides is 4. The van der Waals surface area contributed by atoms with Crippen LogP contribution in [0.2, 0.25) is 0 Å². The van der Waals surface area contributed by atoms with Crippen molar-refractivity contribution < 1.29 is 47.8 Å². The Morgan fingerprint density at radius 1 is 0.333 bits per heavy atom. The van der Waals surface area contributed by atoms with Crippen LogP contribution in [0.3, 0.4) is 0 Å². The molecule has 0 unspecified atom stereocenters. The first-order valence-corrected chi connectivity index (χ1v) is 18.6. The Labute approximate surface area is 336 Å². The van der Waals surface area contributed by atoms with Crippen LogP contribution in [0, 0.1) is 0 Å². The van der Waals surface area contributed by atoms with Crippen LogP contribution in [0.4, 0.5) is 11.4 Å². The lowest BCUT2D eigenvalue weighted by atomic mass is 9.92. The highest BCUT2D eigenvalue weighted by molar-refractivity contribution is 6.41. The van der Waals surface area contributed by atoms with Gasteiger partial charge >= 0.3 is 23.9 Å². The van der Waals surface area contributed by atoms with E-state index < -0.39 is 47.5 Å². The molecule has 0 saturated heterocycles. The number of imide groups is 2. The summed E-state index contributed by atoms with van der Waals surface area (Å²) in [5.74, 6) is -5.32. The summed E-state index contributed by atoms with van der Waals surface area (Å²) in [7, 11) is 0. The minimum atomic E-state index is -0.790. The van der Waals surface area contributed by atoms with Crippen LogP contribution in [0.5, 0.6) is 0 Å². The molecule has 12 nitrogen and oxygen atoms in total. The van der Waals surface area contributed by atoms with Gasteiger partial charge in [-0.3, -0.25) is 19.2 Å². The van der Waals surface area contributed by atoms with Gasteiger partial charge in [-0.1, -0.05) is 72.8 Å². The van der Waals surface area contributed by atoms with E-state index >= 15 is 0 Å². The average Bonchev–Trinajstić information content (AvgIpc) is 3.91. The fourth-order valence-corrected chi connectivity index (χ4v) is 9.16. The van der Waals surface area contributed by atoms with Crippen LogP contribution in [-0.2, 0) is 9.47 Å². The Bertz CT molecular complexity index is 3280. The fourth-order valence-electron chi connectivity index (χ4n) is 9.16. The number of esters is 4. The van der Waals surface area contributed by atoms with Crippen molar-refractivity contribution in [2.45, 2.75) is 0 Å². The Morgan fingerprint density at radius 2 is 0.717 bits per heavy atom. The van der Waals surface area contributed by atoms with Crippen molar-refractivity contribution >= 4 is 91.2 Å². The summed E-state index contributed by atoms with van der Waals surface area (Å²) < 4.78 is 9.51. The zero-order chi connectivity index (χ0) is 40.9. The molecule has 0 N–H and O–H groups in total. The monoisotopic (exact) mass is 784 g/mol. The van der Waals surface area contributed by atoms with Gasteiger partial charge in [0.15, 0.2) is 0 Å². The van der Waals surface area contributed by atoms with Gasteiger partial charge in [-0.2, -0.15) is 0 Å². The Morgan fingerprint density at radius 3 is 1.15 bits per heavy atom. The molecular formula is C48H20N2O10. The zero-order valence-electron chi connectivity index (χ0n) is 30.5. The molecule has 0 aliphatic carbocycles. The third kappa shape index (κ3) is 4.22. The first-order valence-electron chi connectivity index (χ1n) is 18.6. The van der Waals surface area contributed by atoms with Gasteiger partial charge in [-0.25, -0.2) is 29.0 Å². The summed E-state index contributed by atoms with van der Waals surface area (Å²) in [6.45, 7) is 0. The Balaban J connectivity index is 0.969. The van der Waals surface area contributed by atoms with E-state index in [9.17, 15) is 38.4 Å². The van der Waals surface area contributed by atoms with E-state index in [-0.39, 0.29) is 44.5 Å². The lowest BCUT2D eigenvalue weighted by Gasteiger charge is -2.22. The maximum atomic E-state index is 14.5. The molecule has 0 bridgehead atoms. The average molecular weight is 785 g/mol. The first kappa shape index (κ1) is 33.5. The molecule has 282 valence electrons. The molecule has 12 heteroatoms. The van der Waals surface area contributed by atoms with E-state index in [1.807, 2.05) is 36.4 Å². The van der Waals surface area contributed by atoms with E-state index in [0.29, 0.717) is 55.2 Å². The quantitative estimate of drug-likeness (QED) is 0.0737. The second kappa shape index (κ2) is 11.5. The number of carbonyl (C=O) groups excluding carboxylic acids is 8. The number of hydrogen-bond acceptors (Lipinski definition) is 10. The standard InChI is InChI=1S/C48H20N2O10/c51-41-31-5-1-3-25(23-9-13-27-33(19-23)47(57)59-45(27)55)39(31)43(53)49(41)35-17-11-21-8-16-30-36(18-12-22-7-15-29(35)37(21)38(22)30)50-42(52)32-6-2-4-26(40(32)44(50)54)24-10-14-28-34(20-24)48(58)60-46(28)56/h1-20H. The van der Waals surface area contributed by atoms with Crippen LogP contribution in [0.25, 0.3) is 54.6 Å². The van der Waals surface area contributed by atoms with Crippen LogP contribution in [0.1, 0.15) is 82.9 Å². The molecule has 0 spiro atoms. The summed E-state index contributed by atoms with van der Waals surface area (Å²) in [4.78, 5) is 109. The van der Waals surface area contributed by atoms with Crippen molar-refractivity contribution in [3.63, 3.8) is 0 Å². The van der Waals surface area contributed by atoms with Crippen LogP contribution in [-0.4, -0.2) is 47.5 Å². The van der Waals surface area contributed by atoms with Gasteiger partial charge in [-0.15, -0.1) is 0 Å². The van der Waals surface area contributed by atoms with Gasteiger partial charge in [0, 0.05) is 10.8 Å². The summed E-state index contributed by atoms with van der Waals surface area (Å²) in [6.07, 6.45) is 0. The minimum Gasteiger partial charge on any atom is -0.386 e. The maximum Gasteiger partial charge on any atom is 0.346 e. The van der Waals surface area contributed by atoms with Gasteiger partial charge in [-0.05, 0) is 92.3 Å². The molecule has 60 heavy (non-hydrogen) atoms. The topological polar surface area (TPSA) is 162 Å². The summed E-state index contributed by atoms with van der Waals surface area (Å²) in [6, 6.07) is 33.3. The second-order valence-corrected chi connectivity index (χ2v) is 14.8. The fraction of sp³-hybridized carbons (Fsp3) is 0. The number of anilines is 2. The molecule has 4 aliphatic rings. The number of cyclic esters (lactones) is 4. The number of rotatable bonds is 4. The summed E-state index contributed by atoms with van der Waals surface area (Å²) in [5, 5.41) is 4.16. The molecular weight excluding hydrogens is 765 g/mol. The number of nitrogens with zero attached hydrogens (tertiary/aromatic N) is 2. The first-order chi connectivity index (χ1) is 29.1. The van der Waals surface area contributed by atoms with E-state index in [1.54, 1.807) is 60.7 Å². The normalized spacial score (nSPS) is 15.5. The molecule has 0 radical (unpaired) electrons. The molecule has 12 rings (SSSR count). The van der Waals surface area contributed by atoms with Crippen LogP contribution >= 0.6 is 0 Å². The van der Waals surface area contributed by atoms with Gasteiger partial charge in [0.25, 0.3) is 23.6 Å². The second-order valence-electron chi connectivity index (χ2n) is 14.8. The third-order valence-electron chi connectivity index (χ3n) is 11.8. The molecule has 8 aromatic rings. The number of carbonyl (C=O) groups is 8. The Kier molecular flexibility index (Phi) is 6.41. The summed E-state index contributed by atoms with van der Waals surface area (Å²) >= 11 is 0. The molecule has 4 amide bonds. The van der Waals surface area contributed by atoms with Crippen molar-refractivity contribution in [2.24, 2.45) is 0 Å². The molecule has 0 saturated carbocycles. The summed E-state index contributed by atoms with van der Waals surface area (Å²) in [5.41, 5.74) is 3.39. The number of fused-ring (bicyclic) bond motifs is 4. The zero-order valence-corrected chi connectivity index (χ0v) is 30.5. The molecule has 0 aromatic heterocycles. The van der Waals surface area contributed by atoms with Gasteiger partial charge in [0.1, 0.15) is 0 Å². The van der Waals surface area contributed by atoms with Crippen LogP contribution < -0.4 is 9.80 Å². The SMILES string of the molecule is O=C1OC(=O)c2cc(-c3cccc4c3C(=O)N(c3ccc5ccc6c(N7C(=O)c8cccc(-c9ccc%10c(c9)C(=O)OC%10=O)c8C7=O)ccc7ccc3c5c76)C4=O)ccc21. The number of hydrogen-bond donors (Lipinski definition) is 0. The van der Waals surface area contributed by atoms with Crippen molar-refractivity contribution in [3.05, 3.63) is 166 Å². The predicted molar refractivity (Wildman–Crippen MR) is 216 cm³/mol. The lowest BCUT2D eigenvalue weighted by molar-refractivity contribution is 0.0425. The largest absolute Gasteiger partial charge is 0.386 e. The molecule has 0 atom stereocenters. The highest BCUT2D eigenvalue weighted by atomic mass is 16.6. The lowest BCUT2D eigenvalue weighted by Crippen LogP contribution is -2.30. The molecule has 4 aliphatic heterocycles. The van der Waals surface area contributed by atoms with E-state index in [0.717, 1.165) is 20.6 Å². The Hall–Kier alpha value is -8.64. The number of benzene rings is 8. The van der Waals surface area contributed by atoms with Crippen molar-refractivity contribution in [2.75, 3.05) is 9.80 Å². The number of ether oxygens (including phenoxy) is 2. The highest BCUT2D eigenvalue weighted by Gasteiger charge is 2.42. The smallest absolute Gasteiger partial charge is 0.346 e. The third-order valence-corrected chi connectivity index (χ3v) is 11.8. The van der Waals surface area contributed by atoms with Crippen LogP contribution in [0.15, 0.2) is 121 Å².